The lowest BCUT2D eigenvalue weighted by molar-refractivity contribution is 0.171. The van der Waals surface area contributed by atoms with Crippen LogP contribution in [-0.2, 0) is 19.6 Å². The van der Waals surface area contributed by atoms with Gasteiger partial charge in [0, 0.05) is 6.54 Å². The molecule has 2 aromatic rings. The SMILES string of the molecule is OCc1nncn1CCc1ccc2c(c1)OCCO2. The zero-order valence-electron chi connectivity index (χ0n) is 10.5. The van der Waals surface area contributed by atoms with Crippen molar-refractivity contribution in [1.82, 2.24) is 14.8 Å². The molecule has 0 spiro atoms. The number of hydrogen-bond acceptors (Lipinski definition) is 5. The fraction of sp³-hybridized carbons (Fsp3) is 0.385. The Kier molecular flexibility index (Phi) is 3.33. The van der Waals surface area contributed by atoms with Crippen molar-refractivity contribution in [3.63, 3.8) is 0 Å². The number of aromatic nitrogens is 3. The molecule has 1 aliphatic heterocycles. The van der Waals surface area contributed by atoms with Crippen molar-refractivity contribution in [2.75, 3.05) is 13.2 Å². The fourth-order valence-corrected chi connectivity index (χ4v) is 2.08. The molecule has 6 heteroatoms. The molecule has 1 aliphatic rings. The average Bonchev–Trinajstić information content (AvgIpc) is 2.92. The van der Waals surface area contributed by atoms with Gasteiger partial charge >= 0.3 is 0 Å². The van der Waals surface area contributed by atoms with Crippen molar-refractivity contribution in [2.24, 2.45) is 0 Å². The maximum absolute atomic E-state index is 9.10. The summed E-state index contributed by atoms with van der Waals surface area (Å²) < 4.78 is 12.9. The van der Waals surface area contributed by atoms with Gasteiger partial charge in [0.1, 0.15) is 26.1 Å². The summed E-state index contributed by atoms with van der Waals surface area (Å²) >= 11 is 0. The molecule has 0 saturated heterocycles. The van der Waals surface area contributed by atoms with Gasteiger partial charge in [-0.2, -0.15) is 0 Å². The second-order valence-electron chi connectivity index (χ2n) is 4.33. The van der Waals surface area contributed by atoms with Crippen LogP contribution in [0.15, 0.2) is 24.5 Å². The molecule has 0 atom stereocenters. The lowest BCUT2D eigenvalue weighted by Gasteiger charge is -2.18. The van der Waals surface area contributed by atoms with Gasteiger partial charge in [0.15, 0.2) is 17.3 Å². The molecule has 0 aliphatic carbocycles. The highest BCUT2D eigenvalue weighted by atomic mass is 16.6. The van der Waals surface area contributed by atoms with E-state index in [0.717, 1.165) is 30.0 Å². The number of aryl methyl sites for hydroxylation is 2. The molecule has 1 aromatic carbocycles. The molecule has 0 unspecified atom stereocenters. The van der Waals surface area contributed by atoms with Gasteiger partial charge in [-0.15, -0.1) is 10.2 Å². The van der Waals surface area contributed by atoms with Crippen molar-refractivity contribution in [2.45, 2.75) is 19.6 Å². The predicted molar refractivity (Wildman–Crippen MR) is 67.1 cm³/mol. The first-order valence-corrected chi connectivity index (χ1v) is 6.23. The summed E-state index contributed by atoms with van der Waals surface area (Å²) in [5.41, 5.74) is 1.15. The summed E-state index contributed by atoms with van der Waals surface area (Å²) in [5.74, 6) is 2.18. The Bertz CT molecular complexity index is 568. The summed E-state index contributed by atoms with van der Waals surface area (Å²) in [5, 5.41) is 16.7. The van der Waals surface area contributed by atoms with Crippen LogP contribution in [0.25, 0.3) is 0 Å². The smallest absolute Gasteiger partial charge is 0.161 e. The van der Waals surface area contributed by atoms with Gasteiger partial charge in [0.2, 0.25) is 0 Å². The van der Waals surface area contributed by atoms with Crippen LogP contribution in [0.1, 0.15) is 11.4 Å². The first-order chi connectivity index (χ1) is 9.36. The molecule has 0 fully saturated rings. The zero-order valence-corrected chi connectivity index (χ0v) is 10.5. The lowest BCUT2D eigenvalue weighted by atomic mass is 10.1. The van der Waals surface area contributed by atoms with Crippen LogP contribution in [0.3, 0.4) is 0 Å². The highest BCUT2D eigenvalue weighted by molar-refractivity contribution is 5.43. The highest BCUT2D eigenvalue weighted by Crippen LogP contribution is 2.30. The van der Waals surface area contributed by atoms with Gasteiger partial charge in [-0.1, -0.05) is 6.07 Å². The number of rotatable bonds is 4. The monoisotopic (exact) mass is 261 g/mol. The van der Waals surface area contributed by atoms with E-state index in [4.69, 9.17) is 14.6 Å². The molecular formula is C13H15N3O3. The van der Waals surface area contributed by atoms with E-state index in [9.17, 15) is 0 Å². The van der Waals surface area contributed by atoms with Crippen molar-refractivity contribution < 1.29 is 14.6 Å². The first-order valence-electron chi connectivity index (χ1n) is 6.23. The van der Waals surface area contributed by atoms with E-state index in [-0.39, 0.29) is 6.61 Å². The molecule has 100 valence electrons. The Balaban J connectivity index is 1.70. The van der Waals surface area contributed by atoms with Gasteiger partial charge in [-0.05, 0) is 24.1 Å². The van der Waals surface area contributed by atoms with Crippen LogP contribution in [0.5, 0.6) is 11.5 Å². The first kappa shape index (κ1) is 12.0. The highest BCUT2D eigenvalue weighted by Gasteiger charge is 2.11. The molecule has 1 N–H and O–H groups in total. The van der Waals surface area contributed by atoms with Crippen LogP contribution in [0.4, 0.5) is 0 Å². The molecule has 0 radical (unpaired) electrons. The molecule has 3 rings (SSSR count). The van der Waals surface area contributed by atoms with E-state index in [1.807, 2.05) is 22.8 Å². The number of nitrogens with zero attached hydrogens (tertiary/aromatic N) is 3. The maximum Gasteiger partial charge on any atom is 0.161 e. The van der Waals surface area contributed by atoms with Crippen LogP contribution in [0.2, 0.25) is 0 Å². The largest absolute Gasteiger partial charge is 0.486 e. The van der Waals surface area contributed by atoms with Crippen molar-refractivity contribution >= 4 is 0 Å². The molecular weight excluding hydrogens is 246 g/mol. The standard InChI is InChI=1S/C13H15N3O3/c17-8-13-15-14-9-16(13)4-3-10-1-2-11-12(7-10)19-6-5-18-11/h1-2,7,9,17H,3-6,8H2. The van der Waals surface area contributed by atoms with E-state index >= 15 is 0 Å². The van der Waals surface area contributed by atoms with Crippen LogP contribution >= 0.6 is 0 Å². The minimum atomic E-state index is -0.0961. The van der Waals surface area contributed by atoms with Gasteiger partial charge in [-0.3, -0.25) is 0 Å². The molecule has 0 amide bonds. The third kappa shape index (κ3) is 2.53. The predicted octanol–water partition coefficient (Wildman–Crippen LogP) is 0.784. The van der Waals surface area contributed by atoms with Crippen molar-refractivity contribution in [3.8, 4) is 11.5 Å². The molecule has 6 nitrogen and oxygen atoms in total. The zero-order chi connectivity index (χ0) is 13.1. The fourth-order valence-electron chi connectivity index (χ4n) is 2.08. The Morgan fingerprint density at radius 2 is 2.05 bits per heavy atom. The Morgan fingerprint density at radius 3 is 2.89 bits per heavy atom. The minimum Gasteiger partial charge on any atom is -0.486 e. The maximum atomic E-state index is 9.10. The van der Waals surface area contributed by atoms with Gasteiger partial charge < -0.3 is 19.1 Å². The number of benzene rings is 1. The molecule has 0 saturated carbocycles. The summed E-state index contributed by atoms with van der Waals surface area (Å²) in [4.78, 5) is 0. The van der Waals surface area contributed by atoms with Gasteiger partial charge in [0.05, 0.1) is 0 Å². The Labute approximate surface area is 110 Å². The molecule has 1 aromatic heterocycles. The number of ether oxygens (including phenoxy) is 2. The van der Waals surface area contributed by atoms with E-state index in [1.54, 1.807) is 6.33 Å². The quantitative estimate of drug-likeness (QED) is 0.881. The Hall–Kier alpha value is -2.08. The summed E-state index contributed by atoms with van der Waals surface area (Å²) in [7, 11) is 0. The van der Waals surface area contributed by atoms with Gasteiger partial charge in [-0.25, -0.2) is 0 Å². The summed E-state index contributed by atoms with van der Waals surface area (Å²) in [6, 6.07) is 5.96. The topological polar surface area (TPSA) is 69.4 Å². The summed E-state index contributed by atoms with van der Waals surface area (Å²) in [6.45, 7) is 1.83. The van der Waals surface area contributed by atoms with Crippen LogP contribution in [-0.4, -0.2) is 33.1 Å². The number of hydrogen-bond donors (Lipinski definition) is 1. The van der Waals surface area contributed by atoms with Crippen molar-refractivity contribution in [1.29, 1.82) is 0 Å². The lowest BCUT2D eigenvalue weighted by Crippen LogP contribution is -2.15. The third-order valence-electron chi connectivity index (χ3n) is 3.09. The number of aliphatic hydroxyl groups is 1. The van der Waals surface area contributed by atoms with E-state index in [2.05, 4.69) is 10.2 Å². The van der Waals surface area contributed by atoms with Gasteiger partial charge in [0.25, 0.3) is 0 Å². The normalized spacial score (nSPS) is 13.5. The molecule has 19 heavy (non-hydrogen) atoms. The number of fused-ring (bicyclic) bond motifs is 1. The Morgan fingerprint density at radius 1 is 1.21 bits per heavy atom. The van der Waals surface area contributed by atoms with E-state index in [0.29, 0.717) is 19.0 Å². The van der Waals surface area contributed by atoms with E-state index in [1.165, 1.54) is 0 Å². The van der Waals surface area contributed by atoms with Crippen LogP contribution < -0.4 is 9.47 Å². The second kappa shape index (κ2) is 5.27. The average molecular weight is 261 g/mol. The second-order valence-corrected chi connectivity index (χ2v) is 4.33. The van der Waals surface area contributed by atoms with Crippen molar-refractivity contribution in [3.05, 3.63) is 35.9 Å². The number of aliphatic hydroxyl groups excluding tert-OH is 1. The van der Waals surface area contributed by atoms with Crippen LogP contribution in [0, 0.1) is 0 Å². The van der Waals surface area contributed by atoms with E-state index < -0.39 is 0 Å². The third-order valence-corrected chi connectivity index (χ3v) is 3.09. The molecule has 2 heterocycles. The molecule has 0 bridgehead atoms. The summed E-state index contributed by atoms with van der Waals surface area (Å²) in [6.07, 6.45) is 2.45. The minimum absolute atomic E-state index is 0.0961.